The molecule has 0 aromatic heterocycles. The lowest BCUT2D eigenvalue weighted by Gasteiger charge is -2.18. The van der Waals surface area contributed by atoms with Gasteiger partial charge in [0.2, 0.25) is 0 Å². The minimum Gasteiger partial charge on any atom is -0.462 e. The Hall–Kier alpha value is -3.67. The summed E-state index contributed by atoms with van der Waals surface area (Å²) in [5.41, 5.74) is 0. The van der Waals surface area contributed by atoms with E-state index < -0.39 is 6.10 Å². The Morgan fingerprint density at radius 3 is 0.747 bits per heavy atom. The number of esters is 3. The van der Waals surface area contributed by atoms with Gasteiger partial charge in [0.25, 0.3) is 0 Å². The van der Waals surface area contributed by atoms with Crippen molar-refractivity contribution in [2.75, 3.05) is 13.2 Å². The molecule has 0 aliphatic heterocycles. The van der Waals surface area contributed by atoms with E-state index in [1.54, 1.807) is 0 Å². The van der Waals surface area contributed by atoms with Crippen molar-refractivity contribution in [2.24, 2.45) is 0 Å². The maximum Gasteiger partial charge on any atom is 0.306 e. The Morgan fingerprint density at radius 2 is 0.470 bits per heavy atom. The van der Waals surface area contributed by atoms with Crippen LogP contribution < -0.4 is 0 Å². The van der Waals surface area contributed by atoms with Crippen LogP contribution in [-0.4, -0.2) is 37.2 Å². The highest BCUT2D eigenvalue weighted by molar-refractivity contribution is 5.71. The second-order valence-electron chi connectivity index (χ2n) is 23.8. The van der Waals surface area contributed by atoms with Crippen molar-refractivity contribution in [3.63, 3.8) is 0 Å². The zero-order valence-corrected chi connectivity index (χ0v) is 54.9. The molecule has 0 saturated carbocycles. The van der Waals surface area contributed by atoms with Gasteiger partial charge >= 0.3 is 17.9 Å². The lowest BCUT2D eigenvalue weighted by atomic mass is 10.0. The van der Waals surface area contributed by atoms with E-state index in [0.717, 1.165) is 122 Å². The van der Waals surface area contributed by atoms with Gasteiger partial charge in [0.15, 0.2) is 6.10 Å². The number of hydrogen-bond donors (Lipinski definition) is 0. The lowest BCUT2D eigenvalue weighted by molar-refractivity contribution is -0.167. The first-order chi connectivity index (χ1) is 41.0. The maximum atomic E-state index is 13.0. The average Bonchev–Trinajstić information content (AvgIpc) is 3.49. The van der Waals surface area contributed by atoms with Crippen LogP contribution in [0, 0.1) is 0 Å². The summed E-state index contributed by atoms with van der Waals surface area (Å²) >= 11 is 0. The molecule has 0 spiro atoms. The molecule has 0 fully saturated rings. The van der Waals surface area contributed by atoms with Crippen LogP contribution in [0.1, 0.15) is 355 Å². The molecule has 0 aromatic rings. The number of hydrogen-bond acceptors (Lipinski definition) is 6. The van der Waals surface area contributed by atoms with Crippen molar-refractivity contribution in [3.8, 4) is 0 Å². The molecule has 1 unspecified atom stereocenters. The summed E-state index contributed by atoms with van der Waals surface area (Å²) in [5, 5.41) is 0. The highest BCUT2D eigenvalue weighted by atomic mass is 16.6. The predicted octanol–water partition coefficient (Wildman–Crippen LogP) is 24.8. The summed E-state index contributed by atoms with van der Waals surface area (Å²) in [4.78, 5) is 38.5. The number of rotatable bonds is 65. The molecule has 0 saturated heterocycles. The third-order valence-corrected chi connectivity index (χ3v) is 15.5. The topological polar surface area (TPSA) is 78.9 Å². The van der Waals surface area contributed by atoms with E-state index in [-0.39, 0.29) is 31.1 Å². The summed E-state index contributed by atoms with van der Waals surface area (Å²) in [5.74, 6) is -0.898. The number of carbonyl (C=O) groups excluding carboxylic acids is 3. The largest absolute Gasteiger partial charge is 0.462 e. The fraction of sp³-hybridized carbons (Fsp3) is 0.753. The molecule has 0 rings (SSSR count). The summed E-state index contributed by atoms with van der Waals surface area (Å²) in [7, 11) is 0. The second kappa shape index (κ2) is 70.8. The fourth-order valence-corrected chi connectivity index (χ4v) is 10.2. The molecule has 0 aromatic carbocycles. The zero-order chi connectivity index (χ0) is 59.9. The minimum atomic E-state index is -0.794. The number of unbranched alkanes of at least 4 members (excludes halogenated alkanes) is 38. The van der Waals surface area contributed by atoms with Crippen molar-refractivity contribution in [1.82, 2.24) is 0 Å². The van der Waals surface area contributed by atoms with E-state index in [4.69, 9.17) is 14.2 Å². The molecule has 0 N–H and O–H groups in total. The van der Waals surface area contributed by atoms with Gasteiger partial charge in [-0.2, -0.15) is 0 Å². The van der Waals surface area contributed by atoms with E-state index in [2.05, 4.69) is 118 Å². The van der Waals surface area contributed by atoms with E-state index in [1.165, 1.54) is 193 Å². The van der Waals surface area contributed by atoms with Gasteiger partial charge in [-0.15, -0.1) is 0 Å². The summed E-state index contributed by atoms with van der Waals surface area (Å²) in [6, 6.07) is 0. The fourth-order valence-electron chi connectivity index (χ4n) is 10.2. The third-order valence-electron chi connectivity index (χ3n) is 15.5. The molecule has 0 aliphatic rings. The first-order valence-electron chi connectivity index (χ1n) is 35.7. The molecule has 1 atom stereocenters. The molecule has 0 aliphatic carbocycles. The van der Waals surface area contributed by atoms with Crippen LogP contribution in [0.15, 0.2) is 97.2 Å². The summed E-state index contributed by atoms with van der Waals surface area (Å²) in [6.07, 6.45) is 95.7. The molecule has 83 heavy (non-hydrogen) atoms. The Labute approximate surface area is 515 Å². The van der Waals surface area contributed by atoms with E-state index in [9.17, 15) is 14.4 Å². The van der Waals surface area contributed by atoms with Crippen LogP contribution in [0.5, 0.6) is 0 Å². The molecule has 6 heteroatoms. The second-order valence-corrected chi connectivity index (χ2v) is 23.8. The molecule has 6 nitrogen and oxygen atoms in total. The first kappa shape index (κ1) is 79.3. The monoisotopic (exact) mass is 1160 g/mol. The van der Waals surface area contributed by atoms with E-state index >= 15 is 0 Å². The maximum absolute atomic E-state index is 13.0. The Balaban J connectivity index is 4.39. The van der Waals surface area contributed by atoms with Crippen molar-refractivity contribution in [3.05, 3.63) is 97.2 Å². The molecule has 0 heterocycles. The molecule has 0 bridgehead atoms. The van der Waals surface area contributed by atoms with Crippen LogP contribution in [0.3, 0.4) is 0 Å². The molecule has 0 amide bonds. The van der Waals surface area contributed by atoms with Gasteiger partial charge in [-0.3, -0.25) is 14.4 Å². The van der Waals surface area contributed by atoms with Crippen LogP contribution in [0.4, 0.5) is 0 Å². The van der Waals surface area contributed by atoms with Crippen LogP contribution in [0.25, 0.3) is 0 Å². The highest BCUT2D eigenvalue weighted by Crippen LogP contribution is 2.17. The Kier molecular flexibility index (Phi) is 67.7. The molecular formula is C77H134O6. The number of ether oxygens (including phenoxy) is 3. The van der Waals surface area contributed by atoms with Gasteiger partial charge in [0.05, 0.1) is 0 Å². The SMILES string of the molecule is CC/C=C\C/C=C\C/C=C\C/C=C\CCCCCCCCC(=O)OCC(COC(=O)CCCCCCCCCCCCCCC/C=C\CCCCCCCCCC)OC(=O)CCCCCCCC/C=C\C/C=C\C/C=C\CCCCCCC. The van der Waals surface area contributed by atoms with Crippen molar-refractivity contribution in [2.45, 2.75) is 361 Å². The highest BCUT2D eigenvalue weighted by Gasteiger charge is 2.19. The lowest BCUT2D eigenvalue weighted by Crippen LogP contribution is -2.30. The van der Waals surface area contributed by atoms with Crippen LogP contribution >= 0.6 is 0 Å². The molecule has 478 valence electrons. The van der Waals surface area contributed by atoms with E-state index in [0.29, 0.717) is 19.3 Å². The minimum absolute atomic E-state index is 0.0864. The first-order valence-corrected chi connectivity index (χ1v) is 35.7. The van der Waals surface area contributed by atoms with Crippen LogP contribution in [-0.2, 0) is 28.6 Å². The standard InChI is InChI=1S/C77H134O6/c1-4-7-10-13-16-19-22-25-28-31-34-36-37-38-39-41-43-46-49-52-55-58-61-64-67-70-76(79)82-73-74(72-81-75(78)69-66-63-60-57-54-51-48-45-42-33-30-27-24-21-18-15-12-9-6-3)83-77(80)71-68-65-62-59-56-53-50-47-44-40-35-32-29-26-23-20-17-14-11-8-5-2/h9,12,18,21,23,26-27,30-32,34-35,42,44-45,47,74H,4-8,10-11,13-17,19-20,22,24-25,28-29,33,36-41,43,46,48-73H2,1-3H3/b12-9-,21-18-,26-23-,30-27-,34-31-,35-32-,45-42-,47-44-. The van der Waals surface area contributed by atoms with E-state index in [1.807, 2.05) is 0 Å². The normalized spacial score (nSPS) is 12.7. The zero-order valence-electron chi connectivity index (χ0n) is 54.9. The summed E-state index contributed by atoms with van der Waals surface area (Å²) < 4.78 is 17.0. The average molecular weight is 1160 g/mol. The van der Waals surface area contributed by atoms with Gasteiger partial charge < -0.3 is 14.2 Å². The van der Waals surface area contributed by atoms with Gasteiger partial charge in [-0.05, 0) is 122 Å². The Bertz CT molecular complexity index is 1610. The van der Waals surface area contributed by atoms with Crippen molar-refractivity contribution in [1.29, 1.82) is 0 Å². The number of carbonyl (C=O) groups is 3. The van der Waals surface area contributed by atoms with Crippen LogP contribution in [0.2, 0.25) is 0 Å². The third kappa shape index (κ3) is 69.0. The van der Waals surface area contributed by atoms with Gasteiger partial charge in [-0.25, -0.2) is 0 Å². The smallest absolute Gasteiger partial charge is 0.306 e. The van der Waals surface area contributed by atoms with Crippen molar-refractivity contribution >= 4 is 17.9 Å². The van der Waals surface area contributed by atoms with Gasteiger partial charge in [0, 0.05) is 19.3 Å². The van der Waals surface area contributed by atoms with Gasteiger partial charge in [-0.1, -0.05) is 311 Å². The quantitative estimate of drug-likeness (QED) is 0.0261. The predicted molar refractivity (Wildman–Crippen MR) is 362 cm³/mol. The van der Waals surface area contributed by atoms with Crippen molar-refractivity contribution < 1.29 is 28.6 Å². The number of allylic oxidation sites excluding steroid dienone is 16. The van der Waals surface area contributed by atoms with Gasteiger partial charge in [0.1, 0.15) is 13.2 Å². The summed E-state index contributed by atoms with van der Waals surface area (Å²) in [6.45, 7) is 6.54. The molecule has 0 radical (unpaired) electrons. The Morgan fingerprint density at radius 1 is 0.253 bits per heavy atom. The molecular weight excluding hydrogens is 1020 g/mol.